The first-order chi connectivity index (χ1) is 9.11. The van der Waals surface area contributed by atoms with Gasteiger partial charge in [0.05, 0.1) is 0 Å². The molecule has 1 saturated heterocycles. The van der Waals surface area contributed by atoms with E-state index < -0.39 is 12.1 Å². The molecule has 5 heteroatoms. The number of carbonyl (C=O) groups is 1. The summed E-state index contributed by atoms with van der Waals surface area (Å²) in [6, 6.07) is 2.96. The molecule has 2 rings (SSSR count). The van der Waals surface area contributed by atoms with Crippen molar-refractivity contribution in [2.45, 2.75) is 25.0 Å². The molecule has 1 N–H and O–H groups in total. The number of amides is 1. The Hall–Kier alpha value is -1.46. The summed E-state index contributed by atoms with van der Waals surface area (Å²) in [4.78, 5) is 20.1. The van der Waals surface area contributed by atoms with Crippen LogP contribution in [0, 0.1) is 0 Å². The van der Waals surface area contributed by atoms with E-state index >= 15 is 0 Å². The van der Waals surface area contributed by atoms with Gasteiger partial charge in [-0.2, -0.15) is 0 Å². The molecular formula is C14H21N3O2. The van der Waals surface area contributed by atoms with Gasteiger partial charge in [-0.1, -0.05) is 0 Å². The molecule has 0 spiro atoms. The Labute approximate surface area is 113 Å². The number of pyridine rings is 1. The van der Waals surface area contributed by atoms with Crippen LogP contribution in [0.1, 0.15) is 24.5 Å². The van der Waals surface area contributed by atoms with Crippen molar-refractivity contribution in [2.24, 2.45) is 0 Å². The second kappa shape index (κ2) is 6.12. The molecule has 2 atom stereocenters. The van der Waals surface area contributed by atoms with E-state index in [9.17, 15) is 9.90 Å². The molecule has 0 aliphatic carbocycles. The first-order valence-electron chi connectivity index (χ1n) is 6.64. The van der Waals surface area contributed by atoms with E-state index in [1.807, 2.05) is 19.0 Å². The maximum atomic E-state index is 12.5. The number of aromatic nitrogens is 1. The van der Waals surface area contributed by atoms with Crippen molar-refractivity contribution in [2.75, 3.05) is 27.2 Å². The number of carbonyl (C=O) groups excluding carboxylic acids is 1. The van der Waals surface area contributed by atoms with E-state index in [1.165, 1.54) is 0 Å². The summed E-state index contributed by atoms with van der Waals surface area (Å²) >= 11 is 0. The molecule has 1 aromatic heterocycles. The van der Waals surface area contributed by atoms with Crippen molar-refractivity contribution in [1.82, 2.24) is 14.8 Å². The zero-order chi connectivity index (χ0) is 13.8. The molecule has 2 heterocycles. The van der Waals surface area contributed by atoms with E-state index in [1.54, 1.807) is 29.4 Å². The quantitative estimate of drug-likeness (QED) is 0.867. The molecule has 104 valence electrons. The average molecular weight is 263 g/mol. The lowest BCUT2D eigenvalue weighted by molar-refractivity contribution is -0.139. The lowest BCUT2D eigenvalue weighted by Gasteiger charge is -2.31. The number of nitrogens with zero attached hydrogens (tertiary/aromatic N) is 3. The predicted molar refractivity (Wildman–Crippen MR) is 72.5 cm³/mol. The second-order valence-electron chi connectivity index (χ2n) is 5.17. The summed E-state index contributed by atoms with van der Waals surface area (Å²) in [5.41, 5.74) is 0.723. The maximum Gasteiger partial charge on any atom is 0.242 e. The molecule has 0 aromatic carbocycles. The monoisotopic (exact) mass is 263 g/mol. The number of aliphatic hydroxyl groups excluding tert-OH is 1. The third kappa shape index (κ3) is 3.11. The van der Waals surface area contributed by atoms with Gasteiger partial charge in [0.15, 0.2) is 0 Å². The van der Waals surface area contributed by atoms with Gasteiger partial charge in [0.25, 0.3) is 0 Å². The minimum Gasteiger partial charge on any atom is -0.386 e. The molecule has 1 aromatic rings. The Morgan fingerprint density at radius 1 is 1.32 bits per heavy atom. The van der Waals surface area contributed by atoms with Gasteiger partial charge in [-0.3, -0.25) is 14.7 Å². The SMILES string of the molecule is CN(C)C(C(=O)N1CCCC1)C(O)c1ccncc1. The van der Waals surface area contributed by atoms with Gasteiger partial charge in [-0.25, -0.2) is 0 Å². The van der Waals surface area contributed by atoms with Crippen LogP contribution >= 0.6 is 0 Å². The van der Waals surface area contributed by atoms with Gasteiger partial charge in [0.1, 0.15) is 12.1 Å². The summed E-state index contributed by atoms with van der Waals surface area (Å²) in [5, 5.41) is 10.5. The Morgan fingerprint density at radius 3 is 2.42 bits per heavy atom. The number of hydrogen-bond donors (Lipinski definition) is 1. The molecule has 0 radical (unpaired) electrons. The van der Waals surface area contributed by atoms with Crippen molar-refractivity contribution >= 4 is 5.91 Å². The third-order valence-corrected chi connectivity index (χ3v) is 3.57. The molecule has 0 bridgehead atoms. The number of aliphatic hydroxyl groups is 1. The molecule has 0 saturated carbocycles. The molecule has 2 unspecified atom stereocenters. The summed E-state index contributed by atoms with van der Waals surface area (Å²) in [6.45, 7) is 1.60. The van der Waals surface area contributed by atoms with Crippen LogP contribution in [0.3, 0.4) is 0 Å². The lowest BCUT2D eigenvalue weighted by atomic mass is 10.0. The van der Waals surface area contributed by atoms with Crippen molar-refractivity contribution < 1.29 is 9.90 Å². The van der Waals surface area contributed by atoms with E-state index in [4.69, 9.17) is 0 Å². The minimum atomic E-state index is -0.828. The van der Waals surface area contributed by atoms with Crippen LogP contribution in [0.25, 0.3) is 0 Å². The Morgan fingerprint density at radius 2 is 1.89 bits per heavy atom. The van der Waals surface area contributed by atoms with Crippen LogP contribution in [-0.2, 0) is 4.79 Å². The Balaban J connectivity index is 2.17. The summed E-state index contributed by atoms with van der Waals surface area (Å²) in [5.74, 6) is 0.00631. The van der Waals surface area contributed by atoms with Crippen LogP contribution < -0.4 is 0 Å². The van der Waals surface area contributed by atoms with Crippen molar-refractivity contribution in [3.63, 3.8) is 0 Å². The fourth-order valence-electron chi connectivity index (χ4n) is 2.51. The van der Waals surface area contributed by atoms with Crippen LogP contribution in [0.4, 0.5) is 0 Å². The van der Waals surface area contributed by atoms with E-state index in [2.05, 4.69) is 4.98 Å². The molecule has 19 heavy (non-hydrogen) atoms. The van der Waals surface area contributed by atoms with Gasteiger partial charge in [-0.05, 0) is 44.6 Å². The maximum absolute atomic E-state index is 12.5. The van der Waals surface area contributed by atoms with Gasteiger partial charge in [0, 0.05) is 25.5 Å². The fourth-order valence-corrected chi connectivity index (χ4v) is 2.51. The number of hydrogen-bond acceptors (Lipinski definition) is 4. The third-order valence-electron chi connectivity index (χ3n) is 3.57. The highest BCUT2D eigenvalue weighted by Crippen LogP contribution is 2.22. The minimum absolute atomic E-state index is 0.00631. The number of rotatable bonds is 4. The highest BCUT2D eigenvalue weighted by molar-refractivity contribution is 5.83. The van der Waals surface area contributed by atoms with Crippen molar-refractivity contribution in [3.05, 3.63) is 30.1 Å². The van der Waals surface area contributed by atoms with Crippen molar-refractivity contribution in [1.29, 1.82) is 0 Å². The zero-order valence-electron chi connectivity index (χ0n) is 11.5. The van der Waals surface area contributed by atoms with Crippen LogP contribution in [0.15, 0.2) is 24.5 Å². The summed E-state index contributed by atoms with van der Waals surface area (Å²) < 4.78 is 0. The van der Waals surface area contributed by atoms with Crippen LogP contribution in [0.5, 0.6) is 0 Å². The van der Waals surface area contributed by atoms with Crippen LogP contribution in [0.2, 0.25) is 0 Å². The smallest absolute Gasteiger partial charge is 0.242 e. The Kier molecular flexibility index (Phi) is 4.50. The normalized spacial score (nSPS) is 18.6. The van der Waals surface area contributed by atoms with Gasteiger partial charge in [0.2, 0.25) is 5.91 Å². The van der Waals surface area contributed by atoms with Gasteiger partial charge >= 0.3 is 0 Å². The summed E-state index contributed by atoms with van der Waals surface area (Å²) in [6.07, 6.45) is 4.54. The number of likely N-dealkylation sites (tertiary alicyclic amines) is 1. The predicted octanol–water partition coefficient (Wildman–Crippen LogP) is 0.668. The molecule has 5 nitrogen and oxygen atoms in total. The van der Waals surface area contributed by atoms with Gasteiger partial charge in [-0.15, -0.1) is 0 Å². The fraction of sp³-hybridized carbons (Fsp3) is 0.571. The zero-order valence-corrected chi connectivity index (χ0v) is 11.5. The molecule has 1 aliphatic heterocycles. The first kappa shape index (κ1) is 14.0. The average Bonchev–Trinajstić information content (AvgIpc) is 2.93. The van der Waals surface area contributed by atoms with Crippen molar-refractivity contribution in [3.8, 4) is 0 Å². The largest absolute Gasteiger partial charge is 0.386 e. The second-order valence-corrected chi connectivity index (χ2v) is 5.17. The highest BCUT2D eigenvalue weighted by Gasteiger charge is 2.34. The van der Waals surface area contributed by atoms with E-state index in [0.29, 0.717) is 0 Å². The van der Waals surface area contributed by atoms with E-state index in [-0.39, 0.29) is 5.91 Å². The lowest BCUT2D eigenvalue weighted by Crippen LogP contribution is -2.48. The highest BCUT2D eigenvalue weighted by atomic mass is 16.3. The van der Waals surface area contributed by atoms with Crippen LogP contribution in [-0.4, -0.2) is 59.0 Å². The Bertz CT molecular complexity index is 416. The summed E-state index contributed by atoms with van der Waals surface area (Å²) in [7, 11) is 3.64. The standard InChI is InChI=1S/C14H21N3O2/c1-16(2)12(14(19)17-9-3-4-10-17)13(18)11-5-7-15-8-6-11/h5-8,12-13,18H,3-4,9-10H2,1-2H3. The molecule has 1 amide bonds. The first-order valence-corrected chi connectivity index (χ1v) is 6.64. The molecule has 1 fully saturated rings. The molecular weight excluding hydrogens is 242 g/mol. The number of likely N-dealkylation sites (N-methyl/N-ethyl adjacent to an activating group) is 1. The molecule has 1 aliphatic rings. The topological polar surface area (TPSA) is 56.7 Å². The van der Waals surface area contributed by atoms with E-state index in [0.717, 1.165) is 31.5 Å². The van der Waals surface area contributed by atoms with Gasteiger partial charge < -0.3 is 10.0 Å².